The molecule has 0 saturated heterocycles. The average Bonchev–Trinajstić information content (AvgIpc) is 2.81. The van der Waals surface area contributed by atoms with Gasteiger partial charge >= 0.3 is 0 Å². The van der Waals surface area contributed by atoms with E-state index < -0.39 is 0 Å². The third-order valence-electron chi connectivity index (χ3n) is 5.11. The molecule has 4 nitrogen and oxygen atoms in total. The van der Waals surface area contributed by atoms with Crippen molar-refractivity contribution in [1.82, 2.24) is 9.88 Å². The lowest BCUT2D eigenvalue weighted by Crippen LogP contribution is -2.53. The Morgan fingerprint density at radius 3 is 2.71 bits per heavy atom. The zero-order valence-corrected chi connectivity index (χ0v) is 14.1. The molecule has 1 aromatic rings. The van der Waals surface area contributed by atoms with Crippen molar-refractivity contribution in [1.29, 1.82) is 0 Å². The predicted octanol–water partition coefficient (Wildman–Crippen LogP) is 2.91. The molecule has 0 spiro atoms. The Morgan fingerprint density at radius 1 is 1.43 bits per heavy atom. The summed E-state index contributed by atoms with van der Waals surface area (Å²) >= 11 is 3.46. The number of carbonyl (C=O) groups excluding carboxylic acids is 1. The summed E-state index contributed by atoms with van der Waals surface area (Å²) in [6, 6.07) is 2.54. The first kappa shape index (κ1) is 15.1. The van der Waals surface area contributed by atoms with Gasteiger partial charge in [0.05, 0.1) is 0 Å². The molecule has 1 heterocycles. The molecule has 2 unspecified atom stereocenters. The minimum Gasteiger partial charge on any atom is -0.347 e. The van der Waals surface area contributed by atoms with Crippen LogP contribution >= 0.6 is 15.9 Å². The van der Waals surface area contributed by atoms with Crippen molar-refractivity contribution in [2.75, 3.05) is 0 Å². The van der Waals surface area contributed by atoms with E-state index in [0.29, 0.717) is 23.9 Å². The molecule has 116 valence electrons. The summed E-state index contributed by atoms with van der Waals surface area (Å²) in [6.45, 7) is 2.86. The van der Waals surface area contributed by atoms with Crippen LogP contribution in [0.4, 0.5) is 0 Å². The van der Waals surface area contributed by atoms with Crippen LogP contribution in [0.1, 0.15) is 49.5 Å². The standard InChI is InChI=1S/C16H24BrN3O/c1-2-20-9-12(17)8-14(20)16(21)19-15-10-4-3-5-11(15)7-13(18)6-10/h8-11,13,15H,2-7,18H2,1H3,(H,19,21). The third kappa shape index (κ3) is 3.04. The molecule has 1 amide bonds. The van der Waals surface area contributed by atoms with Crippen LogP contribution in [0.3, 0.4) is 0 Å². The molecular weight excluding hydrogens is 330 g/mol. The summed E-state index contributed by atoms with van der Waals surface area (Å²) in [5.41, 5.74) is 6.90. The lowest BCUT2D eigenvalue weighted by molar-refractivity contribution is 0.0748. The van der Waals surface area contributed by atoms with E-state index in [0.717, 1.165) is 29.6 Å². The summed E-state index contributed by atoms with van der Waals surface area (Å²) in [7, 11) is 0. The fourth-order valence-corrected chi connectivity index (χ4v) is 4.64. The predicted molar refractivity (Wildman–Crippen MR) is 87.1 cm³/mol. The highest BCUT2D eigenvalue weighted by atomic mass is 79.9. The Hall–Kier alpha value is -0.810. The zero-order chi connectivity index (χ0) is 15.0. The number of nitrogens with two attached hydrogens (primary N) is 1. The Balaban J connectivity index is 1.75. The zero-order valence-electron chi connectivity index (χ0n) is 12.5. The molecule has 1 aromatic heterocycles. The molecule has 2 aliphatic rings. The topological polar surface area (TPSA) is 60.0 Å². The van der Waals surface area contributed by atoms with E-state index in [4.69, 9.17) is 5.73 Å². The fourth-order valence-electron chi connectivity index (χ4n) is 4.18. The molecule has 5 heteroatoms. The molecule has 3 N–H and O–H groups in total. The van der Waals surface area contributed by atoms with E-state index in [1.807, 2.05) is 16.8 Å². The lowest BCUT2D eigenvalue weighted by Gasteiger charge is -2.45. The normalized spacial score (nSPS) is 32.0. The lowest BCUT2D eigenvalue weighted by atomic mass is 9.67. The monoisotopic (exact) mass is 353 g/mol. The largest absolute Gasteiger partial charge is 0.347 e. The van der Waals surface area contributed by atoms with E-state index in [1.54, 1.807) is 0 Å². The maximum atomic E-state index is 12.6. The summed E-state index contributed by atoms with van der Waals surface area (Å²) in [4.78, 5) is 12.6. The first-order valence-corrected chi connectivity index (χ1v) is 8.80. The molecule has 0 radical (unpaired) electrons. The summed E-state index contributed by atoms with van der Waals surface area (Å²) in [6.07, 6.45) is 7.76. The maximum absolute atomic E-state index is 12.6. The molecule has 3 rings (SSSR count). The van der Waals surface area contributed by atoms with Gasteiger partial charge in [-0.1, -0.05) is 6.42 Å². The number of carbonyl (C=O) groups is 1. The van der Waals surface area contributed by atoms with Crippen molar-refractivity contribution < 1.29 is 4.79 Å². The Labute approximate surface area is 134 Å². The van der Waals surface area contributed by atoms with Gasteiger partial charge in [-0.05, 0) is 66.4 Å². The molecule has 2 saturated carbocycles. The highest BCUT2D eigenvalue weighted by molar-refractivity contribution is 9.10. The van der Waals surface area contributed by atoms with E-state index >= 15 is 0 Å². The molecule has 2 aliphatic carbocycles. The van der Waals surface area contributed by atoms with Crippen LogP contribution in [0.5, 0.6) is 0 Å². The number of hydrogen-bond acceptors (Lipinski definition) is 2. The smallest absolute Gasteiger partial charge is 0.268 e. The van der Waals surface area contributed by atoms with Gasteiger partial charge < -0.3 is 15.6 Å². The number of rotatable bonds is 3. The molecule has 0 aromatic carbocycles. The Kier molecular flexibility index (Phi) is 4.41. The molecule has 0 aliphatic heterocycles. The number of nitrogens with one attached hydrogen (secondary N) is 1. The van der Waals surface area contributed by atoms with Gasteiger partial charge in [-0.15, -0.1) is 0 Å². The molecule has 21 heavy (non-hydrogen) atoms. The van der Waals surface area contributed by atoms with Crippen molar-refractivity contribution in [3.63, 3.8) is 0 Å². The van der Waals surface area contributed by atoms with Gasteiger partial charge in [-0.2, -0.15) is 0 Å². The minimum atomic E-state index is 0.0555. The van der Waals surface area contributed by atoms with Crippen LogP contribution in [0.2, 0.25) is 0 Å². The van der Waals surface area contributed by atoms with Crippen molar-refractivity contribution in [3.05, 3.63) is 22.4 Å². The van der Waals surface area contributed by atoms with E-state index in [2.05, 4.69) is 28.2 Å². The first-order chi connectivity index (χ1) is 10.1. The second kappa shape index (κ2) is 6.13. The second-order valence-electron chi connectivity index (χ2n) is 6.51. The summed E-state index contributed by atoms with van der Waals surface area (Å²) in [5, 5.41) is 3.31. The maximum Gasteiger partial charge on any atom is 0.268 e. The van der Waals surface area contributed by atoms with Crippen molar-refractivity contribution in [3.8, 4) is 0 Å². The van der Waals surface area contributed by atoms with Crippen molar-refractivity contribution in [2.24, 2.45) is 17.6 Å². The first-order valence-electron chi connectivity index (χ1n) is 8.00. The van der Waals surface area contributed by atoms with E-state index in [1.165, 1.54) is 19.3 Å². The molecule has 2 fully saturated rings. The highest BCUT2D eigenvalue weighted by Crippen LogP contribution is 2.39. The van der Waals surface area contributed by atoms with Gasteiger partial charge in [0.15, 0.2) is 0 Å². The van der Waals surface area contributed by atoms with Gasteiger partial charge in [0.1, 0.15) is 5.69 Å². The summed E-state index contributed by atoms with van der Waals surface area (Å²) in [5.74, 6) is 1.18. The number of aromatic nitrogens is 1. The average molecular weight is 354 g/mol. The summed E-state index contributed by atoms with van der Waals surface area (Å²) < 4.78 is 2.95. The van der Waals surface area contributed by atoms with E-state index in [-0.39, 0.29) is 5.91 Å². The minimum absolute atomic E-state index is 0.0555. The van der Waals surface area contributed by atoms with Gasteiger partial charge in [-0.25, -0.2) is 0 Å². The van der Waals surface area contributed by atoms with Gasteiger partial charge in [0.25, 0.3) is 5.91 Å². The Bertz CT molecular complexity index is 514. The van der Waals surface area contributed by atoms with Gasteiger partial charge in [-0.3, -0.25) is 4.79 Å². The van der Waals surface area contributed by atoms with Gasteiger partial charge in [0.2, 0.25) is 0 Å². The molecule has 2 bridgehead atoms. The van der Waals surface area contributed by atoms with Crippen LogP contribution in [0.15, 0.2) is 16.7 Å². The van der Waals surface area contributed by atoms with Crippen LogP contribution in [0, 0.1) is 11.8 Å². The van der Waals surface area contributed by atoms with Crippen LogP contribution in [-0.2, 0) is 6.54 Å². The quantitative estimate of drug-likeness (QED) is 0.877. The van der Waals surface area contributed by atoms with E-state index in [9.17, 15) is 4.79 Å². The number of hydrogen-bond donors (Lipinski definition) is 2. The SMILES string of the molecule is CCn1cc(Br)cc1C(=O)NC1C2CCCC1CC(N)C2. The van der Waals surface area contributed by atoms with Crippen LogP contribution < -0.4 is 11.1 Å². The number of amides is 1. The highest BCUT2D eigenvalue weighted by Gasteiger charge is 2.40. The van der Waals surface area contributed by atoms with Crippen molar-refractivity contribution in [2.45, 2.75) is 57.7 Å². The number of halogens is 1. The number of fused-ring (bicyclic) bond motifs is 2. The van der Waals surface area contributed by atoms with Crippen molar-refractivity contribution >= 4 is 21.8 Å². The number of nitrogens with zero attached hydrogens (tertiary/aromatic N) is 1. The van der Waals surface area contributed by atoms with Crippen LogP contribution in [-0.4, -0.2) is 22.6 Å². The fraction of sp³-hybridized carbons (Fsp3) is 0.688. The Morgan fingerprint density at radius 2 is 2.10 bits per heavy atom. The second-order valence-corrected chi connectivity index (χ2v) is 7.43. The number of aryl methyl sites for hydroxylation is 1. The third-order valence-corrected chi connectivity index (χ3v) is 5.54. The molecular formula is C16H24BrN3O. The molecule has 2 atom stereocenters. The van der Waals surface area contributed by atoms with Gasteiger partial charge in [0, 0.05) is 29.3 Å². The van der Waals surface area contributed by atoms with Crippen LogP contribution in [0.25, 0.3) is 0 Å².